The molecule has 2 heteroatoms. The molecule has 0 spiro atoms. The second-order valence-corrected chi connectivity index (χ2v) is 2.49. The fraction of sp³-hybridized carbons (Fsp3) is 0.667. The minimum absolute atomic E-state index is 0. The fourth-order valence-corrected chi connectivity index (χ4v) is 1.10. The third kappa shape index (κ3) is 2.89. The molecule has 1 rings (SSSR count). The van der Waals surface area contributed by atoms with Crippen molar-refractivity contribution in [3.8, 4) is 0 Å². The topological polar surface area (TPSA) is 0 Å². The molecule has 0 fully saturated rings. The van der Waals surface area contributed by atoms with Crippen molar-refractivity contribution in [3.05, 3.63) is 10.6 Å². The molecule has 0 unspecified atom stereocenters. The monoisotopic (exact) mass is 219 g/mol. The van der Waals surface area contributed by atoms with Crippen molar-refractivity contribution in [3.63, 3.8) is 0 Å². The zero-order valence-corrected chi connectivity index (χ0v) is 7.33. The van der Waals surface area contributed by atoms with E-state index in [-0.39, 0.29) is 17.0 Å². The molecule has 51 valence electrons. The third-order valence-corrected chi connectivity index (χ3v) is 1.66. The zero-order valence-electron chi connectivity index (χ0n) is 4.63. The Morgan fingerprint density at radius 1 is 1.38 bits per heavy atom. The molecule has 0 N–H and O–H groups in total. The van der Waals surface area contributed by atoms with Crippen molar-refractivity contribution >= 4 is 17.0 Å². The first-order chi connectivity index (χ1) is 3.39. The van der Waals surface area contributed by atoms with Crippen LogP contribution in [0.2, 0.25) is 0 Å². The molecule has 0 aromatic rings. The average Bonchev–Trinajstić information content (AvgIpc) is 1.69. The molecule has 0 amide bonds. The molecule has 1 aliphatic rings. The molecule has 0 heterocycles. The summed E-state index contributed by atoms with van der Waals surface area (Å²) in [5, 5.41) is 0. The number of rotatable bonds is 0. The summed E-state index contributed by atoms with van der Waals surface area (Å²) in [7, 11) is 0. The maximum atomic E-state index is 4.68. The minimum atomic E-state index is 0. The molecule has 0 atom stereocenters. The van der Waals surface area contributed by atoms with E-state index in [1.807, 2.05) is 0 Å². The van der Waals surface area contributed by atoms with E-state index in [1.165, 1.54) is 30.2 Å². The van der Waals surface area contributed by atoms with E-state index >= 15 is 0 Å². The summed E-state index contributed by atoms with van der Waals surface area (Å²) in [5.74, 6) is 0. The predicted molar refractivity (Wildman–Crippen MR) is 36.9 cm³/mol. The van der Waals surface area contributed by atoms with Crippen molar-refractivity contribution in [1.29, 1.82) is 0 Å². The van der Waals surface area contributed by atoms with Gasteiger partial charge in [0.1, 0.15) is 0 Å². The summed E-state index contributed by atoms with van der Waals surface area (Å²) in [4.78, 5) is 0. The van der Waals surface area contributed by atoms with Crippen LogP contribution in [-0.4, -0.2) is 0 Å². The van der Waals surface area contributed by atoms with Crippen LogP contribution in [0.1, 0.15) is 25.7 Å². The molecular formula is C6H10BrNi. The molecule has 0 nitrogen and oxygen atoms in total. The Kier molecular flexibility index (Phi) is 4.99. The second kappa shape index (κ2) is 4.58. The molecule has 0 radical (unpaired) electrons. The van der Waals surface area contributed by atoms with E-state index in [1.54, 1.807) is 0 Å². The summed E-state index contributed by atoms with van der Waals surface area (Å²) >= 11 is 4.68. The number of hydrogen-bond donors (Lipinski definition) is 0. The van der Waals surface area contributed by atoms with Crippen LogP contribution in [0.4, 0.5) is 0 Å². The van der Waals surface area contributed by atoms with Crippen molar-refractivity contribution in [2.75, 3.05) is 0 Å². The standard InChI is InChI=1S/C6H9.BrH.Ni/c1-2-4-6-5-3-1;;/h1H,2,4-6H2;1H;. The van der Waals surface area contributed by atoms with Gasteiger partial charge in [0.2, 0.25) is 0 Å². The van der Waals surface area contributed by atoms with E-state index in [0.717, 1.165) is 0 Å². The summed E-state index contributed by atoms with van der Waals surface area (Å²) < 4.78 is 1.21. The van der Waals surface area contributed by atoms with Gasteiger partial charge in [0.05, 0.1) is 0 Å². The van der Waals surface area contributed by atoms with Gasteiger partial charge in [0.15, 0.2) is 0 Å². The predicted octanol–water partition coefficient (Wildman–Crippen LogP) is 2.57. The molecule has 0 bridgehead atoms. The molecule has 1 aliphatic carbocycles. The van der Waals surface area contributed by atoms with Crippen LogP contribution in [0, 0.1) is 0 Å². The van der Waals surface area contributed by atoms with Gasteiger partial charge < -0.3 is 0 Å². The summed E-state index contributed by atoms with van der Waals surface area (Å²) in [6.07, 6.45) is 7.28. The van der Waals surface area contributed by atoms with E-state index in [2.05, 4.69) is 21.5 Å². The molecule has 0 aromatic heterocycles. The van der Waals surface area contributed by atoms with Gasteiger partial charge >= 0.3 is 51.8 Å². The third-order valence-electron chi connectivity index (χ3n) is 1.21. The van der Waals surface area contributed by atoms with Crippen LogP contribution in [-0.2, 0) is 15.5 Å². The zero-order chi connectivity index (χ0) is 5.11. The van der Waals surface area contributed by atoms with Gasteiger partial charge in [-0.1, -0.05) is 0 Å². The first kappa shape index (κ1) is 8.71. The Labute approximate surface area is 68.9 Å². The quantitative estimate of drug-likeness (QED) is 0.551. The van der Waals surface area contributed by atoms with Gasteiger partial charge in [-0.15, -0.1) is 17.0 Å². The Bertz CT molecular complexity index is 88.5. The van der Waals surface area contributed by atoms with Gasteiger partial charge in [0.25, 0.3) is 0 Å². The molecule has 8 heavy (non-hydrogen) atoms. The maximum absolute atomic E-state index is 4.68. The fourth-order valence-electron chi connectivity index (χ4n) is 0.779. The molecule has 0 saturated carbocycles. The van der Waals surface area contributed by atoms with Crippen molar-refractivity contribution < 1.29 is 15.5 Å². The van der Waals surface area contributed by atoms with Crippen LogP contribution in [0.25, 0.3) is 0 Å². The molecule has 0 saturated heterocycles. The summed E-state index contributed by atoms with van der Waals surface area (Å²) in [6, 6.07) is 0. The van der Waals surface area contributed by atoms with Crippen LogP contribution in [0.5, 0.6) is 0 Å². The van der Waals surface area contributed by atoms with Gasteiger partial charge in [-0.2, -0.15) is 0 Å². The van der Waals surface area contributed by atoms with Crippen molar-refractivity contribution in [2.24, 2.45) is 0 Å². The Hall–Kier alpha value is 0.714. The van der Waals surface area contributed by atoms with E-state index in [9.17, 15) is 0 Å². The van der Waals surface area contributed by atoms with Crippen LogP contribution < -0.4 is 0 Å². The van der Waals surface area contributed by atoms with Crippen LogP contribution >= 0.6 is 17.0 Å². The normalized spacial score (nSPS) is 19.0. The van der Waals surface area contributed by atoms with E-state index < -0.39 is 0 Å². The van der Waals surface area contributed by atoms with Crippen molar-refractivity contribution in [1.82, 2.24) is 0 Å². The van der Waals surface area contributed by atoms with Gasteiger partial charge in [-0.05, 0) is 0 Å². The van der Waals surface area contributed by atoms with Crippen LogP contribution in [0.3, 0.4) is 0 Å². The SMILES string of the molecule is Br.[Ni][C]1=CCCCC1. The Morgan fingerprint density at radius 3 is 2.38 bits per heavy atom. The molecule has 0 aliphatic heterocycles. The first-order valence-corrected chi connectivity index (χ1v) is 3.20. The van der Waals surface area contributed by atoms with Gasteiger partial charge in [0, 0.05) is 0 Å². The Balaban J connectivity index is 0.000000490. The van der Waals surface area contributed by atoms with E-state index in [4.69, 9.17) is 0 Å². The summed E-state index contributed by atoms with van der Waals surface area (Å²) in [5.41, 5.74) is 0. The number of halogens is 1. The average molecular weight is 221 g/mol. The van der Waals surface area contributed by atoms with Gasteiger partial charge in [-0.25, -0.2) is 0 Å². The number of allylic oxidation sites excluding steroid dienone is 2. The second-order valence-electron chi connectivity index (χ2n) is 1.86. The first-order valence-electron chi connectivity index (χ1n) is 2.71. The number of hydrogen-bond acceptors (Lipinski definition) is 0. The molecule has 0 aromatic carbocycles. The Morgan fingerprint density at radius 2 is 2.12 bits per heavy atom. The van der Waals surface area contributed by atoms with Crippen LogP contribution in [0.15, 0.2) is 10.6 Å². The van der Waals surface area contributed by atoms with Gasteiger partial charge in [-0.3, -0.25) is 0 Å². The van der Waals surface area contributed by atoms with Crippen molar-refractivity contribution in [2.45, 2.75) is 25.7 Å². The molecular weight excluding hydrogens is 211 g/mol. The van der Waals surface area contributed by atoms with E-state index in [0.29, 0.717) is 0 Å². The summed E-state index contributed by atoms with van der Waals surface area (Å²) in [6.45, 7) is 0.